The van der Waals surface area contributed by atoms with Gasteiger partial charge in [0.15, 0.2) is 0 Å². The van der Waals surface area contributed by atoms with Crippen molar-refractivity contribution in [2.75, 3.05) is 10.6 Å². The maximum Gasteiger partial charge on any atom is 0.255 e. The molecule has 0 heterocycles. The van der Waals surface area contributed by atoms with Crippen LogP contribution < -0.4 is 10.6 Å². The van der Waals surface area contributed by atoms with E-state index in [-0.39, 0.29) is 17.2 Å². The Balaban J connectivity index is 1.88. The molecular weight excluding hydrogens is 348 g/mol. The molecule has 2 rings (SSSR count). The number of anilines is 2. The van der Waals surface area contributed by atoms with Gasteiger partial charge in [0.1, 0.15) is 0 Å². The van der Waals surface area contributed by atoms with Crippen molar-refractivity contribution in [3.63, 3.8) is 0 Å². The fourth-order valence-electron chi connectivity index (χ4n) is 2.90. The Morgan fingerprint density at radius 3 is 1.89 bits per heavy atom. The van der Waals surface area contributed by atoms with Crippen LogP contribution in [0.15, 0.2) is 48.5 Å². The van der Waals surface area contributed by atoms with Crippen LogP contribution in [-0.4, -0.2) is 11.8 Å². The molecule has 0 aromatic heterocycles. The van der Waals surface area contributed by atoms with E-state index in [4.69, 9.17) is 0 Å². The minimum absolute atomic E-state index is 0.0341. The summed E-state index contributed by atoms with van der Waals surface area (Å²) in [5.41, 5.74) is 3.32. The molecule has 0 fully saturated rings. The summed E-state index contributed by atoms with van der Waals surface area (Å²) in [6.45, 7) is 8.59. The number of hydrogen-bond donors (Lipinski definition) is 2. The van der Waals surface area contributed by atoms with Gasteiger partial charge in [-0.1, -0.05) is 59.1 Å². The van der Waals surface area contributed by atoms with Gasteiger partial charge in [-0.2, -0.15) is 0 Å². The molecule has 2 amide bonds. The van der Waals surface area contributed by atoms with E-state index in [1.54, 1.807) is 12.1 Å². The van der Waals surface area contributed by atoms with Crippen LogP contribution in [0.1, 0.15) is 75.7 Å². The van der Waals surface area contributed by atoms with Crippen molar-refractivity contribution in [3.8, 4) is 0 Å². The first-order valence-corrected chi connectivity index (χ1v) is 10.1. The molecule has 0 unspecified atom stereocenters. The molecule has 0 atom stereocenters. The second-order valence-electron chi connectivity index (χ2n) is 8.22. The van der Waals surface area contributed by atoms with Crippen LogP contribution in [0.4, 0.5) is 11.4 Å². The zero-order valence-corrected chi connectivity index (χ0v) is 17.5. The maximum atomic E-state index is 12.4. The molecule has 0 radical (unpaired) electrons. The van der Waals surface area contributed by atoms with Crippen molar-refractivity contribution in [1.29, 1.82) is 0 Å². The number of carbonyl (C=O) groups excluding carboxylic acids is 2. The second-order valence-corrected chi connectivity index (χ2v) is 8.22. The predicted octanol–water partition coefficient (Wildman–Crippen LogP) is 6.15. The molecule has 0 bridgehead atoms. The van der Waals surface area contributed by atoms with Gasteiger partial charge in [0.05, 0.1) is 0 Å². The Labute approximate surface area is 168 Å². The molecule has 4 heteroatoms. The fourth-order valence-corrected chi connectivity index (χ4v) is 2.90. The fraction of sp³-hybridized carbons (Fsp3) is 0.417. The maximum absolute atomic E-state index is 12.4. The highest BCUT2D eigenvalue weighted by Crippen LogP contribution is 2.22. The van der Waals surface area contributed by atoms with Gasteiger partial charge in [0, 0.05) is 23.4 Å². The van der Waals surface area contributed by atoms with E-state index in [0.29, 0.717) is 17.7 Å². The molecule has 4 nitrogen and oxygen atoms in total. The van der Waals surface area contributed by atoms with Crippen LogP contribution in [0.2, 0.25) is 0 Å². The summed E-state index contributed by atoms with van der Waals surface area (Å²) in [5, 5.41) is 5.79. The topological polar surface area (TPSA) is 58.2 Å². The van der Waals surface area contributed by atoms with Crippen LogP contribution in [-0.2, 0) is 10.2 Å². The molecule has 28 heavy (non-hydrogen) atoms. The van der Waals surface area contributed by atoms with Gasteiger partial charge < -0.3 is 10.6 Å². The number of nitrogens with one attached hydrogen (secondary N) is 2. The minimum atomic E-state index is -0.145. The standard InChI is InChI=1S/C24H32N2O2/c1-5-6-7-8-9-22(27)25-20-14-16-21(17-15-20)26-23(28)18-10-12-19(13-11-18)24(2,3)4/h10-17H,5-9H2,1-4H3,(H,25,27)(H,26,28). The van der Waals surface area contributed by atoms with Crippen molar-refractivity contribution < 1.29 is 9.59 Å². The lowest BCUT2D eigenvalue weighted by atomic mass is 9.87. The van der Waals surface area contributed by atoms with E-state index in [9.17, 15) is 9.59 Å². The molecule has 0 aliphatic heterocycles. The van der Waals surface area contributed by atoms with E-state index in [1.165, 1.54) is 12.0 Å². The molecule has 2 aromatic rings. The van der Waals surface area contributed by atoms with Crippen LogP contribution in [0, 0.1) is 0 Å². The van der Waals surface area contributed by atoms with Gasteiger partial charge in [-0.05, 0) is 53.8 Å². The van der Waals surface area contributed by atoms with E-state index in [0.717, 1.165) is 24.9 Å². The Morgan fingerprint density at radius 1 is 0.786 bits per heavy atom. The third kappa shape index (κ3) is 6.84. The van der Waals surface area contributed by atoms with Crippen molar-refractivity contribution in [3.05, 3.63) is 59.7 Å². The molecule has 0 aliphatic rings. The summed E-state index contributed by atoms with van der Waals surface area (Å²) in [4.78, 5) is 24.4. The van der Waals surface area contributed by atoms with Crippen molar-refractivity contribution in [2.24, 2.45) is 0 Å². The molecule has 0 spiro atoms. The number of unbranched alkanes of at least 4 members (excludes halogenated alkanes) is 3. The van der Waals surface area contributed by atoms with E-state index < -0.39 is 0 Å². The Kier molecular flexibility index (Phi) is 7.80. The first-order valence-electron chi connectivity index (χ1n) is 10.1. The van der Waals surface area contributed by atoms with Gasteiger partial charge >= 0.3 is 0 Å². The highest BCUT2D eigenvalue weighted by molar-refractivity contribution is 6.04. The van der Waals surface area contributed by atoms with Crippen LogP contribution in [0.3, 0.4) is 0 Å². The van der Waals surface area contributed by atoms with E-state index in [1.807, 2.05) is 36.4 Å². The summed E-state index contributed by atoms with van der Waals surface area (Å²) in [6, 6.07) is 14.9. The first-order chi connectivity index (χ1) is 13.3. The van der Waals surface area contributed by atoms with E-state index >= 15 is 0 Å². The molecule has 2 N–H and O–H groups in total. The van der Waals surface area contributed by atoms with Crippen LogP contribution in [0.25, 0.3) is 0 Å². The van der Waals surface area contributed by atoms with E-state index in [2.05, 4.69) is 38.3 Å². The highest BCUT2D eigenvalue weighted by atomic mass is 16.2. The normalized spacial score (nSPS) is 11.1. The average Bonchev–Trinajstić information content (AvgIpc) is 2.66. The molecule has 0 saturated carbocycles. The third-order valence-electron chi connectivity index (χ3n) is 4.70. The third-order valence-corrected chi connectivity index (χ3v) is 4.70. The second kappa shape index (κ2) is 10.1. The van der Waals surface area contributed by atoms with Crippen LogP contribution in [0.5, 0.6) is 0 Å². The molecular formula is C24H32N2O2. The first kappa shape index (κ1) is 21.7. The van der Waals surface area contributed by atoms with Crippen LogP contribution >= 0.6 is 0 Å². The molecule has 0 aliphatic carbocycles. The van der Waals surface area contributed by atoms with Gasteiger partial charge in [0.25, 0.3) is 5.91 Å². The predicted molar refractivity (Wildman–Crippen MR) is 117 cm³/mol. The summed E-state index contributed by atoms with van der Waals surface area (Å²) < 4.78 is 0. The lowest BCUT2D eigenvalue weighted by Gasteiger charge is -2.19. The number of amides is 2. The zero-order chi connectivity index (χ0) is 20.6. The lowest BCUT2D eigenvalue weighted by Crippen LogP contribution is -2.14. The zero-order valence-electron chi connectivity index (χ0n) is 17.5. The SMILES string of the molecule is CCCCCCC(=O)Nc1ccc(NC(=O)c2ccc(C(C)(C)C)cc2)cc1. The Bertz CT molecular complexity index is 772. The monoisotopic (exact) mass is 380 g/mol. The van der Waals surface area contributed by atoms with Gasteiger partial charge in [-0.15, -0.1) is 0 Å². The van der Waals surface area contributed by atoms with Gasteiger partial charge in [0.2, 0.25) is 5.91 Å². The highest BCUT2D eigenvalue weighted by Gasteiger charge is 2.14. The summed E-state index contributed by atoms with van der Waals surface area (Å²) >= 11 is 0. The van der Waals surface area contributed by atoms with Gasteiger partial charge in [-0.3, -0.25) is 9.59 Å². The number of rotatable bonds is 8. The van der Waals surface area contributed by atoms with Crippen molar-refractivity contribution >= 4 is 23.2 Å². The molecule has 2 aromatic carbocycles. The number of carbonyl (C=O) groups is 2. The average molecular weight is 381 g/mol. The summed E-state index contributed by atoms with van der Waals surface area (Å²) in [6.07, 6.45) is 4.88. The lowest BCUT2D eigenvalue weighted by molar-refractivity contribution is -0.116. The number of hydrogen-bond acceptors (Lipinski definition) is 2. The smallest absolute Gasteiger partial charge is 0.255 e. The van der Waals surface area contributed by atoms with Gasteiger partial charge in [-0.25, -0.2) is 0 Å². The quantitative estimate of drug-likeness (QED) is 0.540. The summed E-state index contributed by atoms with van der Waals surface area (Å²) in [5.74, 6) is -0.111. The Hall–Kier alpha value is -2.62. The summed E-state index contributed by atoms with van der Waals surface area (Å²) in [7, 11) is 0. The Morgan fingerprint density at radius 2 is 1.36 bits per heavy atom. The van der Waals surface area contributed by atoms with Crippen molar-refractivity contribution in [2.45, 2.75) is 65.2 Å². The number of benzene rings is 2. The minimum Gasteiger partial charge on any atom is -0.326 e. The molecule has 150 valence electrons. The van der Waals surface area contributed by atoms with Crippen molar-refractivity contribution in [1.82, 2.24) is 0 Å². The molecule has 0 saturated heterocycles. The largest absolute Gasteiger partial charge is 0.326 e.